The summed E-state index contributed by atoms with van der Waals surface area (Å²) in [7, 11) is 1.58. The van der Waals surface area contributed by atoms with Gasteiger partial charge in [0.15, 0.2) is 0 Å². The Morgan fingerprint density at radius 1 is 1.41 bits per heavy atom. The molecule has 2 fully saturated rings. The SMILES string of the molecule is CC=C(N1N=CNN1)C1(C(=O)OCc2ccc(OC)cc2)CS[C@@H]2C(NC=O)C(=O)N2C1. The topological polar surface area (TPSA) is 125 Å². The molecule has 32 heavy (non-hydrogen) atoms. The second-order valence-electron chi connectivity index (χ2n) is 7.42. The van der Waals surface area contributed by atoms with Crippen LogP contribution in [0.2, 0.25) is 0 Å². The van der Waals surface area contributed by atoms with Crippen molar-refractivity contribution < 1.29 is 23.9 Å². The Balaban J connectivity index is 1.56. The Labute approximate surface area is 189 Å². The van der Waals surface area contributed by atoms with E-state index in [0.29, 0.717) is 23.6 Å². The van der Waals surface area contributed by atoms with Gasteiger partial charge in [-0.15, -0.1) is 22.4 Å². The Bertz CT molecular complexity index is 954. The van der Waals surface area contributed by atoms with Gasteiger partial charge in [-0.2, -0.15) is 5.12 Å². The molecule has 2 amide bonds. The number of allylic oxidation sites excluding steroid dienone is 1. The zero-order valence-electron chi connectivity index (χ0n) is 17.6. The Kier molecular flexibility index (Phi) is 6.24. The maximum atomic E-state index is 13.5. The highest BCUT2D eigenvalue weighted by molar-refractivity contribution is 8.00. The summed E-state index contributed by atoms with van der Waals surface area (Å²) in [6.45, 7) is 2.00. The zero-order chi connectivity index (χ0) is 22.7. The fourth-order valence-corrected chi connectivity index (χ4v) is 5.55. The van der Waals surface area contributed by atoms with Crippen molar-refractivity contribution in [2.24, 2.45) is 10.5 Å². The number of carbonyl (C=O) groups is 3. The van der Waals surface area contributed by atoms with Crippen LogP contribution in [0.1, 0.15) is 12.5 Å². The van der Waals surface area contributed by atoms with Gasteiger partial charge in [-0.25, -0.2) is 0 Å². The molecule has 0 spiro atoms. The van der Waals surface area contributed by atoms with Crippen LogP contribution in [0.5, 0.6) is 5.75 Å². The van der Waals surface area contributed by atoms with E-state index in [4.69, 9.17) is 9.47 Å². The van der Waals surface area contributed by atoms with Gasteiger partial charge in [0.05, 0.1) is 12.8 Å². The van der Waals surface area contributed by atoms with E-state index in [1.165, 1.54) is 23.2 Å². The number of esters is 1. The van der Waals surface area contributed by atoms with Crippen LogP contribution in [0, 0.1) is 5.41 Å². The molecule has 0 bridgehead atoms. The summed E-state index contributed by atoms with van der Waals surface area (Å²) in [6.07, 6.45) is 3.76. The van der Waals surface area contributed by atoms with Crippen LogP contribution in [0.25, 0.3) is 0 Å². The van der Waals surface area contributed by atoms with Crippen LogP contribution < -0.4 is 21.0 Å². The van der Waals surface area contributed by atoms with Gasteiger partial charge in [0.2, 0.25) is 12.3 Å². The predicted octanol–water partition coefficient (Wildman–Crippen LogP) is -0.0736. The Morgan fingerprint density at radius 2 is 2.19 bits per heavy atom. The standard InChI is InChI=1S/C20H24N6O5S/c1-3-15(26-23-11-22-24-26)20(9-25-17(28)16(21-12-27)18(25)32-10-20)19(29)31-8-13-4-6-14(30-2)7-5-13/h3-7,11-12,16,18,24H,8-10H2,1-2H3,(H,21,27)(H,22,23)/t16?,18-,20?/m1/s1. The van der Waals surface area contributed by atoms with Crippen molar-refractivity contribution in [2.75, 3.05) is 19.4 Å². The number of rotatable bonds is 8. The fraction of sp³-hybridized carbons (Fsp3) is 0.400. The van der Waals surface area contributed by atoms with Gasteiger partial charge in [-0.1, -0.05) is 18.2 Å². The monoisotopic (exact) mass is 460 g/mol. The molecule has 3 aliphatic rings. The molecule has 1 aromatic rings. The first-order valence-corrected chi connectivity index (χ1v) is 11.0. The van der Waals surface area contributed by atoms with Gasteiger partial charge >= 0.3 is 5.97 Å². The average molecular weight is 461 g/mol. The maximum Gasteiger partial charge on any atom is 0.321 e. The van der Waals surface area contributed by atoms with Gasteiger partial charge < -0.3 is 19.7 Å². The van der Waals surface area contributed by atoms with E-state index >= 15 is 0 Å². The first-order chi connectivity index (χ1) is 15.5. The minimum Gasteiger partial charge on any atom is -0.497 e. The van der Waals surface area contributed by atoms with E-state index in [0.717, 1.165) is 5.56 Å². The number of benzene rings is 1. The summed E-state index contributed by atoms with van der Waals surface area (Å²) in [5.74, 6) is 0.375. The molecule has 0 saturated carbocycles. The fourth-order valence-electron chi connectivity index (χ4n) is 3.99. The van der Waals surface area contributed by atoms with Crippen molar-refractivity contribution in [1.82, 2.24) is 26.3 Å². The van der Waals surface area contributed by atoms with Crippen molar-refractivity contribution in [1.29, 1.82) is 0 Å². The molecular formula is C20H24N6O5S. The molecule has 0 aliphatic carbocycles. The third-order valence-electron chi connectivity index (χ3n) is 5.65. The minimum absolute atomic E-state index is 0.0773. The highest BCUT2D eigenvalue weighted by Crippen LogP contribution is 2.47. The number of nitrogens with one attached hydrogen (secondary N) is 3. The number of methoxy groups -OCH3 is 1. The number of fused-ring (bicyclic) bond motifs is 1. The van der Waals surface area contributed by atoms with Crippen LogP contribution in [-0.4, -0.2) is 65.5 Å². The van der Waals surface area contributed by atoms with Crippen LogP contribution >= 0.6 is 11.8 Å². The average Bonchev–Trinajstić information content (AvgIpc) is 3.36. The summed E-state index contributed by atoms with van der Waals surface area (Å²) in [6, 6.07) is 6.66. The molecule has 1 aromatic carbocycles. The molecule has 3 aliphatic heterocycles. The summed E-state index contributed by atoms with van der Waals surface area (Å²) in [5.41, 5.74) is 5.83. The summed E-state index contributed by atoms with van der Waals surface area (Å²) >= 11 is 1.43. The lowest BCUT2D eigenvalue weighted by molar-refractivity contribution is -0.162. The van der Waals surface area contributed by atoms with Gasteiger partial charge in [0, 0.05) is 12.3 Å². The Hall–Kier alpha value is -3.25. The summed E-state index contributed by atoms with van der Waals surface area (Å²) < 4.78 is 10.9. The molecule has 0 radical (unpaired) electrons. The Morgan fingerprint density at radius 3 is 2.81 bits per heavy atom. The molecule has 3 atom stereocenters. The molecular weight excluding hydrogens is 436 g/mol. The highest BCUT2D eigenvalue weighted by Gasteiger charge is 2.59. The number of thioether (sulfide) groups is 1. The molecule has 3 heterocycles. The third kappa shape index (κ3) is 3.75. The number of hydrazine groups is 2. The maximum absolute atomic E-state index is 13.5. The van der Waals surface area contributed by atoms with Gasteiger partial charge in [0.25, 0.3) is 0 Å². The third-order valence-corrected chi connectivity index (χ3v) is 7.18. The number of ether oxygens (including phenoxy) is 2. The van der Waals surface area contributed by atoms with Crippen LogP contribution in [0.3, 0.4) is 0 Å². The normalized spacial score (nSPS) is 26.7. The van der Waals surface area contributed by atoms with Gasteiger partial charge in [0.1, 0.15) is 35.5 Å². The second-order valence-corrected chi connectivity index (χ2v) is 8.53. The molecule has 12 heteroatoms. The first-order valence-electron chi connectivity index (χ1n) is 9.96. The molecule has 170 valence electrons. The summed E-state index contributed by atoms with van der Waals surface area (Å²) in [5, 5.41) is 7.99. The van der Waals surface area contributed by atoms with Crippen molar-refractivity contribution in [3.63, 3.8) is 0 Å². The van der Waals surface area contributed by atoms with Crippen LogP contribution in [-0.2, 0) is 25.7 Å². The van der Waals surface area contributed by atoms with Crippen molar-refractivity contribution in [3.05, 3.63) is 41.6 Å². The highest BCUT2D eigenvalue weighted by atomic mass is 32.2. The van der Waals surface area contributed by atoms with Crippen molar-refractivity contribution in [2.45, 2.75) is 24.9 Å². The number of hydrogen-bond acceptors (Lipinski definition) is 10. The van der Waals surface area contributed by atoms with Crippen molar-refractivity contribution >= 4 is 36.4 Å². The molecule has 2 saturated heterocycles. The van der Waals surface area contributed by atoms with Gasteiger partial charge in [-0.3, -0.25) is 19.8 Å². The van der Waals surface area contributed by atoms with Gasteiger partial charge in [-0.05, 0) is 24.6 Å². The smallest absolute Gasteiger partial charge is 0.321 e. The number of nitrogens with zero attached hydrogens (tertiary/aromatic N) is 3. The van der Waals surface area contributed by atoms with E-state index in [2.05, 4.69) is 21.4 Å². The van der Waals surface area contributed by atoms with E-state index in [-0.39, 0.29) is 24.4 Å². The number of amides is 2. The lowest BCUT2D eigenvalue weighted by atomic mass is 9.83. The van der Waals surface area contributed by atoms with E-state index in [9.17, 15) is 14.4 Å². The molecule has 4 rings (SSSR count). The minimum atomic E-state index is -1.15. The van der Waals surface area contributed by atoms with Crippen LogP contribution in [0.4, 0.5) is 0 Å². The van der Waals surface area contributed by atoms with E-state index in [1.807, 2.05) is 12.1 Å². The first kappa shape index (κ1) is 22.0. The van der Waals surface area contributed by atoms with Crippen molar-refractivity contribution in [3.8, 4) is 5.75 Å². The second kappa shape index (κ2) is 9.09. The summed E-state index contributed by atoms with van der Waals surface area (Å²) in [4.78, 5) is 38.6. The largest absolute Gasteiger partial charge is 0.497 e. The van der Waals surface area contributed by atoms with E-state index < -0.39 is 17.4 Å². The van der Waals surface area contributed by atoms with E-state index in [1.54, 1.807) is 37.1 Å². The predicted molar refractivity (Wildman–Crippen MR) is 117 cm³/mol. The van der Waals surface area contributed by atoms with Crippen LogP contribution in [0.15, 0.2) is 41.1 Å². The lowest BCUT2D eigenvalue weighted by Gasteiger charge is -2.54. The molecule has 2 unspecified atom stereocenters. The molecule has 11 nitrogen and oxygen atoms in total. The quantitative estimate of drug-likeness (QED) is 0.278. The number of β-lactam (4-membered cyclic amide) rings is 1. The zero-order valence-corrected chi connectivity index (χ0v) is 18.4. The number of carbonyl (C=O) groups excluding carboxylic acids is 3. The molecule has 3 N–H and O–H groups in total. The number of hydrogen-bond donors (Lipinski definition) is 3. The lowest BCUT2D eigenvalue weighted by Crippen LogP contribution is -2.73. The molecule has 0 aromatic heterocycles. The number of hydrazone groups is 1.